The smallest absolute Gasteiger partial charge is 0.277 e. The zero-order chi connectivity index (χ0) is 18.2. The molecule has 5 nitrogen and oxygen atoms in total. The normalized spacial score (nSPS) is 11.8. The molecule has 0 aliphatic heterocycles. The molecule has 0 bridgehead atoms. The van der Waals surface area contributed by atoms with Gasteiger partial charge in [-0.05, 0) is 11.1 Å². The molecule has 5 heteroatoms. The monoisotopic (exact) mass is 340 g/mol. The van der Waals surface area contributed by atoms with E-state index < -0.39 is 0 Å². The van der Waals surface area contributed by atoms with Crippen LogP contribution in [0, 0.1) is 0 Å². The van der Waals surface area contributed by atoms with Gasteiger partial charge in [-0.15, -0.1) is 0 Å². The van der Waals surface area contributed by atoms with E-state index in [0.29, 0.717) is 6.54 Å². The van der Waals surface area contributed by atoms with E-state index >= 15 is 0 Å². The van der Waals surface area contributed by atoms with Crippen molar-refractivity contribution in [2.45, 2.75) is 6.04 Å². The maximum atomic E-state index is 12.5. The van der Waals surface area contributed by atoms with Crippen molar-refractivity contribution >= 4 is 11.8 Å². The summed E-state index contributed by atoms with van der Waals surface area (Å²) in [7, 11) is 5.29. The van der Waals surface area contributed by atoms with Crippen molar-refractivity contribution in [2.24, 2.45) is 0 Å². The number of nitrogens with zero attached hydrogens (tertiary/aromatic N) is 1. The van der Waals surface area contributed by atoms with Crippen molar-refractivity contribution in [3.8, 4) is 0 Å². The Hall–Kier alpha value is -2.66. The van der Waals surface area contributed by atoms with Crippen LogP contribution in [0.3, 0.4) is 0 Å². The fourth-order valence-corrected chi connectivity index (χ4v) is 2.61. The van der Waals surface area contributed by atoms with Gasteiger partial charge in [0.2, 0.25) is 0 Å². The molecule has 2 N–H and O–H groups in total. The van der Waals surface area contributed by atoms with Crippen molar-refractivity contribution < 1.29 is 14.5 Å². The van der Waals surface area contributed by atoms with Gasteiger partial charge >= 0.3 is 0 Å². The Bertz CT molecular complexity index is 647. The summed E-state index contributed by atoms with van der Waals surface area (Å²) in [5, 5.41) is 3.10. The highest BCUT2D eigenvalue weighted by Crippen LogP contribution is 2.21. The number of carbonyl (C=O) groups excluding carboxylic acids is 2. The van der Waals surface area contributed by atoms with E-state index in [4.69, 9.17) is 0 Å². The number of benzene rings is 2. The molecule has 0 radical (unpaired) electrons. The van der Waals surface area contributed by atoms with Gasteiger partial charge in [0.25, 0.3) is 11.8 Å². The van der Waals surface area contributed by atoms with Crippen LogP contribution >= 0.6 is 0 Å². The standard InChI is InChI=1S/C20H25N3O2/c1-22(2)19(25)15-23(3)14-18(24)21-20(16-10-6-4-7-11-16)17-12-8-5-9-13-17/h4-13,20H,14-15H2,1-3H3,(H,21,24)/p+1. The van der Waals surface area contributed by atoms with Crippen LogP contribution < -0.4 is 10.2 Å². The molecule has 0 aliphatic carbocycles. The molecule has 25 heavy (non-hydrogen) atoms. The first-order valence-corrected chi connectivity index (χ1v) is 8.38. The SMILES string of the molecule is CN(C)C(=O)C[NH+](C)CC(=O)NC(c1ccccc1)c1ccccc1. The fourth-order valence-electron chi connectivity index (χ4n) is 2.61. The topological polar surface area (TPSA) is 53.9 Å². The van der Waals surface area contributed by atoms with Gasteiger partial charge in [0.15, 0.2) is 13.1 Å². The van der Waals surface area contributed by atoms with Gasteiger partial charge in [0.05, 0.1) is 13.1 Å². The maximum Gasteiger partial charge on any atom is 0.277 e. The largest absolute Gasteiger partial charge is 0.344 e. The number of hydrogen-bond acceptors (Lipinski definition) is 2. The van der Waals surface area contributed by atoms with Gasteiger partial charge in [-0.2, -0.15) is 0 Å². The first-order valence-electron chi connectivity index (χ1n) is 8.38. The van der Waals surface area contributed by atoms with Crippen LogP contribution in [0.5, 0.6) is 0 Å². The molecule has 132 valence electrons. The third-order valence-electron chi connectivity index (χ3n) is 3.99. The van der Waals surface area contributed by atoms with Gasteiger partial charge in [-0.1, -0.05) is 60.7 Å². The van der Waals surface area contributed by atoms with Gasteiger partial charge in [0, 0.05) is 14.1 Å². The molecule has 0 aromatic heterocycles. The summed E-state index contributed by atoms with van der Waals surface area (Å²) in [4.78, 5) is 26.7. The lowest BCUT2D eigenvalue weighted by Gasteiger charge is -2.21. The second-order valence-corrected chi connectivity index (χ2v) is 6.42. The Balaban J connectivity index is 2.07. The lowest BCUT2D eigenvalue weighted by atomic mass is 9.99. The molecule has 1 atom stereocenters. The molecule has 2 aromatic carbocycles. The van der Waals surface area contributed by atoms with Gasteiger partial charge in [0.1, 0.15) is 0 Å². The van der Waals surface area contributed by atoms with Crippen LogP contribution in [0.25, 0.3) is 0 Å². The average molecular weight is 340 g/mol. The van der Waals surface area contributed by atoms with Crippen molar-refractivity contribution in [1.82, 2.24) is 10.2 Å². The Morgan fingerprint density at radius 2 is 1.40 bits per heavy atom. The summed E-state index contributed by atoms with van der Waals surface area (Å²) in [5.41, 5.74) is 2.06. The lowest BCUT2D eigenvalue weighted by molar-refractivity contribution is -0.862. The summed E-state index contributed by atoms with van der Waals surface area (Å²) >= 11 is 0. The highest BCUT2D eigenvalue weighted by Gasteiger charge is 2.20. The van der Waals surface area contributed by atoms with Crippen molar-refractivity contribution in [1.29, 1.82) is 0 Å². The number of amides is 2. The quantitative estimate of drug-likeness (QED) is 0.771. The molecule has 2 aromatic rings. The summed E-state index contributed by atoms with van der Waals surface area (Å²) in [6, 6.07) is 19.6. The predicted octanol–water partition coefficient (Wildman–Crippen LogP) is 0.495. The fraction of sp³-hybridized carbons (Fsp3) is 0.300. The molecule has 0 aliphatic rings. The van der Waals surface area contributed by atoms with E-state index in [2.05, 4.69) is 5.32 Å². The van der Waals surface area contributed by atoms with E-state index in [1.54, 1.807) is 14.1 Å². The summed E-state index contributed by atoms with van der Waals surface area (Å²) in [6.07, 6.45) is 0. The lowest BCUT2D eigenvalue weighted by Crippen LogP contribution is -3.11. The first-order chi connectivity index (χ1) is 12.0. The number of carbonyl (C=O) groups is 2. The van der Waals surface area contributed by atoms with E-state index in [1.807, 2.05) is 67.7 Å². The maximum absolute atomic E-state index is 12.5. The third kappa shape index (κ3) is 5.72. The number of quaternary nitrogens is 1. The molecule has 0 spiro atoms. The summed E-state index contributed by atoms with van der Waals surface area (Å²) in [6.45, 7) is 0.539. The molecule has 0 heterocycles. The highest BCUT2D eigenvalue weighted by atomic mass is 16.2. The van der Waals surface area contributed by atoms with Gasteiger partial charge in [-0.3, -0.25) is 9.59 Å². The first kappa shape index (κ1) is 18.7. The van der Waals surface area contributed by atoms with Crippen LogP contribution in [-0.2, 0) is 9.59 Å². The third-order valence-corrected chi connectivity index (χ3v) is 3.99. The summed E-state index contributed by atoms with van der Waals surface area (Å²) < 4.78 is 0. The van der Waals surface area contributed by atoms with Gasteiger partial charge < -0.3 is 15.1 Å². The Morgan fingerprint density at radius 3 is 1.84 bits per heavy atom. The second kappa shape index (κ2) is 8.99. The second-order valence-electron chi connectivity index (χ2n) is 6.42. The minimum Gasteiger partial charge on any atom is -0.344 e. The van der Waals surface area contributed by atoms with Crippen molar-refractivity contribution in [3.63, 3.8) is 0 Å². The number of rotatable bonds is 7. The van der Waals surface area contributed by atoms with Gasteiger partial charge in [-0.25, -0.2) is 0 Å². The van der Waals surface area contributed by atoms with Crippen LogP contribution in [0.15, 0.2) is 60.7 Å². The Morgan fingerprint density at radius 1 is 0.920 bits per heavy atom. The minimum atomic E-state index is -0.202. The number of likely N-dealkylation sites (N-methyl/N-ethyl adjacent to an activating group) is 2. The van der Waals surface area contributed by atoms with Crippen molar-refractivity contribution in [3.05, 3.63) is 71.8 Å². The van der Waals surface area contributed by atoms with Crippen molar-refractivity contribution in [2.75, 3.05) is 34.2 Å². The minimum absolute atomic E-state index is 0.00738. The molecule has 0 fully saturated rings. The molecule has 2 amide bonds. The van der Waals surface area contributed by atoms with Crippen LogP contribution in [0.2, 0.25) is 0 Å². The molecule has 2 rings (SSSR count). The van der Waals surface area contributed by atoms with Crippen LogP contribution in [0.1, 0.15) is 17.2 Å². The van der Waals surface area contributed by atoms with E-state index in [-0.39, 0.29) is 24.4 Å². The Labute approximate surface area is 149 Å². The molecule has 0 saturated carbocycles. The van der Waals surface area contributed by atoms with E-state index in [1.165, 1.54) is 4.90 Å². The number of hydrogen-bond donors (Lipinski definition) is 2. The van der Waals surface area contributed by atoms with Crippen LogP contribution in [-0.4, -0.2) is 50.9 Å². The highest BCUT2D eigenvalue weighted by molar-refractivity contribution is 5.79. The Kier molecular flexibility index (Phi) is 6.71. The molecular formula is C20H26N3O2+. The zero-order valence-electron chi connectivity index (χ0n) is 15.0. The average Bonchev–Trinajstić information content (AvgIpc) is 2.61. The molecule has 0 saturated heterocycles. The molecular weight excluding hydrogens is 314 g/mol. The van der Waals surface area contributed by atoms with Crippen LogP contribution in [0.4, 0.5) is 0 Å². The van der Waals surface area contributed by atoms with E-state index in [0.717, 1.165) is 16.0 Å². The predicted molar refractivity (Wildman–Crippen MR) is 98.2 cm³/mol. The zero-order valence-corrected chi connectivity index (χ0v) is 15.0. The molecule has 1 unspecified atom stereocenters. The summed E-state index contributed by atoms with van der Waals surface area (Å²) in [5.74, 6) is -0.0743. The van der Waals surface area contributed by atoms with E-state index in [9.17, 15) is 9.59 Å². The number of nitrogens with one attached hydrogen (secondary N) is 2.